The second kappa shape index (κ2) is 9.13. The van der Waals surface area contributed by atoms with E-state index in [2.05, 4.69) is 32.5 Å². The fraction of sp³-hybridized carbons (Fsp3) is 0.360. The molecule has 0 bridgehead atoms. The van der Waals surface area contributed by atoms with Crippen LogP contribution >= 0.6 is 0 Å². The van der Waals surface area contributed by atoms with Gasteiger partial charge in [0.2, 0.25) is 0 Å². The molecule has 0 atom stereocenters. The number of aromatic nitrogens is 2. The molecule has 3 aromatic rings. The zero-order chi connectivity index (χ0) is 23.7. The first-order valence-electron chi connectivity index (χ1n) is 11.3. The Bertz CT molecular complexity index is 1160. The van der Waals surface area contributed by atoms with Crippen LogP contribution in [0.5, 0.6) is 0 Å². The van der Waals surface area contributed by atoms with Gasteiger partial charge in [-0.05, 0) is 36.8 Å². The maximum Gasteiger partial charge on any atom is 0.416 e. The summed E-state index contributed by atoms with van der Waals surface area (Å²) in [5, 5.41) is 11.9. The van der Waals surface area contributed by atoms with E-state index in [-0.39, 0.29) is 12.1 Å². The number of hydrogen-bond acceptors (Lipinski definition) is 6. The predicted molar refractivity (Wildman–Crippen MR) is 126 cm³/mol. The molecule has 1 fully saturated rings. The lowest BCUT2D eigenvalue weighted by Gasteiger charge is -2.32. The molecule has 178 valence electrons. The number of benzene rings is 2. The van der Waals surface area contributed by atoms with Crippen molar-refractivity contribution in [3.8, 4) is 11.3 Å². The van der Waals surface area contributed by atoms with Crippen LogP contribution in [-0.4, -0.2) is 49.6 Å². The number of ether oxygens (including phenoxy) is 1. The molecule has 2 aliphatic rings. The van der Waals surface area contributed by atoms with Crippen molar-refractivity contribution in [2.24, 2.45) is 0 Å². The summed E-state index contributed by atoms with van der Waals surface area (Å²) in [4.78, 5) is 4.22. The molecule has 0 amide bonds. The van der Waals surface area contributed by atoms with Gasteiger partial charge in [0.25, 0.3) is 0 Å². The van der Waals surface area contributed by atoms with Gasteiger partial charge in [-0.3, -0.25) is 0 Å². The topological polar surface area (TPSA) is 53.5 Å². The number of halogens is 3. The minimum atomic E-state index is -4.40. The van der Waals surface area contributed by atoms with E-state index in [1.165, 1.54) is 12.1 Å². The predicted octanol–water partition coefficient (Wildman–Crippen LogP) is 4.74. The van der Waals surface area contributed by atoms with Crippen molar-refractivity contribution in [2.75, 3.05) is 54.5 Å². The first-order chi connectivity index (χ1) is 16.4. The number of nitrogens with zero attached hydrogens (tertiary/aromatic N) is 4. The highest BCUT2D eigenvalue weighted by Gasteiger charge is 2.34. The van der Waals surface area contributed by atoms with Crippen molar-refractivity contribution in [3.05, 3.63) is 65.2 Å². The lowest BCUT2D eigenvalue weighted by molar-refractivity contribution is -0.138. The molecule has 1 saturated heterocycles. The summed E-state index contributed by atoms with van der Waals surface area (Å²) in [6.45, 7) is 6.26. The monoisotopic (exact) mass is 469 g/mol. The highest BCUT2D eigenvalue weighted by Crippen LogP contribution is 2.36. The number of rotatable bonds is 4. The number of anilines is 3. The molecule has 0 saturated carbocycles. The molecular weight excluding hydrogens is 443 g/mol. The van der Waals surface area contributed by atoms with Crippen molar-refractivity contribution in [3.63, 3.8) is 0 Å². The second-order valence-electron chi connectivity index (χ2n) is 8.62. The van der Waals surface area contributed by atoms with E-state index in [0.717, 1.165) is 48.8 Å². The van der Waals surface area contributed by atoms with Crippen molar-refractivity contribution in [2.45, 2.75) is 19.6 Å². The van der Waals surface area contributed by atoms with Crippen LogP contribution in [0.3, 0.4) is 0 Å². The summed E-state index contributed by atoms with van der Waals surface area (Å²) in [5.74, 6) is 0.584. The highest BCUT2D eigenvalue weighted by molar-refractivity contribution is 5.74. The SMILES string of the molecule is Cc1ccc(C(F)(F)F)c(CN2CCNc3nnc(-c4ccc(N5CCOCC5)cc4)cc32)c1. The van der Waals surface area contributed by atoms with Crippen LogP contribution in [0, 0.1) is 6.92 Å². The number of aryl methyl sites for hydroxylation is 1. The molecule has 3 heterocycles. The van der Waals surface area contributed by atoms with E-state index in [9.17, 15) is 13.2 Å². The quantitative estimate of drug-likeness (QED) is 0.596. The molecule has 0 spiro atoms. The largest absolute Gasteiger partial charge is 0.416 e. The Balaban J connectivity index is 1.43. The molecule has 6 nitrogen and oxygen atoms in total. The van der Waals surface area contributed by atoms with Gasteiger partial charge in [-0.15, -0.1) is 10.2 Å². The van der Waals surface area contributed by atoms with Crippen LogP contribution in [0.4, 0.5) is 30.4 Å². The van der Waals surface area contributed by atoms with Crippen LogP contribution in [0.2, 0.25) is 0 Å². The Hall–Kier alpha value is -3.33. The molecule has 0 radical (unpaired) electrons. The summed E-state index contributed by atoms with van der Waals surface area (Å²) >= 11 is 0. The number of alkyl halides is 3. The Kier molecular flexibility index (Phi) is 6.03. The smallest absolute Gasteiger partial charge is 0.378 e. The van der Waals surface area contributed by atoms with Gasteiger partial charge in [-0.25, -0.2) is 0 Å². The third-order valence-corrected chi connectivity index (χ3v) is 6.26. The van der Waals surface area contributed by atoms with Crippen molar-refractivity contribution >= 4 is 17.2 Å². The van der Waals surface area contributed by atoms with E-state index in [1.54, 1.807) is 13.0 Å². The van der Waals surface area contributed by atoms with Gasteiger partial charge in [0, 0.05) is 44.0 Å². The molecule has 34 heavy (non-hydrogen) atoms. The fourth-order valence-electron chi connectivity index (χ4n) is 4.48. The Morgan fingerprint density at radius 3 is 2.47 bits per heavy atom. The third-order valence-electron chi connectivity index (χ3n) is 6.26. The molecule has 0 unspecified atom stereocenters. The first kappa shape index (κ1) is 22.5. The molecule has 5 rings (SSSR count). The number of fused-ring (bicyclic) bond motifs is 1. The zero-order valence-electron chi connectivity index (χ0n) is 18.9. The summed E-state index contributed by atoms with van der Waals surface area (Å²) in [5.41, 5.74) is 3.93. The number of nitrogens with one attached hydrogen (secondary N) is 1. The normalized spacial score (nSPS) is 16.2. The average Bonchev–Trinajstić information content (AvgIpc) is 2.84. The summed E-state index contributed by atoms with van der Waals surface area (Å²) in [6, 6.07) is 14.3. The number of morpholine rings is 1. The first-order valence-corrected chi connectivity index (χ1v) is 11.3. The standard InChI is InChI=1S/C25H26F3N5O/c1-17-2-7-21(25(26,27)28)19(14-17)16-33-9-8-29-24-23(33)15-22(30-31-24)18-3-5-20(6-4-18)32-10-12-34-13-11-32/h2-7,14-15H,8-13,16H2,1H3,(H,29,31). The van der Waals surface area contributed by atoms with E-state index < -0.39 is 11.7 Å². The van der Waals surface area contributed by atoms with Gasteiger partial charge < -0.3 is 19.9 Å². The Labute approximate surface area is 196 Å². The molecule has 0 aliphatic carbocycles. The minimum absolute atomic E-state index is 0.145. The van der Waals surface area contributed by atoms with Crippen molar-refractivity contribution < 1.29 is 17.9 Å². The van der Waals surface area contributed by atoms with E-state index in [0.29, 0.717) is 24.6 Å². The molecule has 2 aliphatic heterocycles. The van der Waals surface area contributed by atoms with E-state index >= 15 is 0 Å². The maximum absolute atomic E-state index is 13.6. The molecule has 2 aromatic carbocycles. The van der Waals surface area contributed by atoms with Crippen LogP contribution in [0.25, 0.3) is 11.3 Å². The minimum Gasteiger partial charge on any atom is -0.378 e. The molecular formula is C25H26F3N5O. The van der Waals surface area contributed by atoms with Gasteiger partial charge in [0.05, 0.1) is 30.2 Å². The van der Waals surface area contributed by atoms with Gasteiger partial charge in [0.1, 0.15) is 0 Å². The van der Waals surface area contributed by atoms with Gasteiger partial charge in [-0.2, -0.15) is 13.2 Å². The Morgan fingerprint density at radius 2 is 1.74 bits per heavy atom. The van der Waals surface area contributed by atoms with Crippen LogP contribution in [0.1, 0.15) is 16.7 Å². The Morgan fingerprint density at radius 1 is 0.971 bits per heavy atom. The summed E-state index contributed by atoms with van der Waals surface area (Å²) < 4.78 is 46.3. The van der Waals surface area contributed by atoms with Crippen molar-refractivity contribution in [1.29, 1.82) is 0 Å². The zero-order valence-corrected chi connectivity index (χ0v) is 18.9. The van der Waals surface area contributed by atoms with Crippen molar-refractivity contribution in [1.82, 2.24) is 10.2 Å². The maximum atomic E-state index is 13.6. The van der Waals surface area contributed by atoms with Gasteiger partial charge in [-0.1, -0.05) is 29.8 Å². The number of hydrogen-bond donors (Lipinski definition) is 1. The molecule has 1 N–H and O–H groups in total. The van der Waals surface area contributed by atoms with E-state index in [4.69, 9.17) is 4.74 Å². The highest BCUT2D eigenvalue weighted by atomic mass is 19.4. The third kappa shape index (κ3) is 4.65. The van der Waals surface area contributed by atoms with E-state index in [1.807, 2.05) is 23.1 Å². The second-order valence-corrected chi connectivity index (χ2v) is 8.62. The summed E-state index contributed by atoms with van der Waals surface area (Å²) in [6.07, 6.45) is -4.40. The van der Waals surface area contributed by atoms with Crippen LogP contribution < -0.4 is 15.1 Å². The lowest BCUT2D eigenvalue weighted by atomic mass is 10.0. The molecule has 1 aromatic heterocycles. The lowest BCUT2D eigenvalue weighted by Crippen LogP contribution is -2.36. The fourth-order valence-corrected chi connectivity index (χ4v) is 4.48. The van der Waals surface area contributed by atoms with Gasteiger partial charge in [0.15, 0.2) is 5.82 Å². The summed E-state index contributed by atoms with van der Waals surface area (Å²) in [7, 11) is 0. The molecule has 9 heteroatoms. The van der Waals surface area contributed by atoms with Crippen LogP contribution in [-0.2, 0) is 17.5 Å². The van der Waals surface area contributed by atoms with Gasteiger partial charge >= 0.3 is 6.18 Å². The van der Waals surface area contributed by atoms with Crippen LogP contribution in [0.15, 0.2) is 48.5 Å². The average molecular weight is 470 g/mol.